The molecule has 0 saturated heterocycles. The van der Waals surface area contributed by atoms with E-state index in [1.165, 1.54) is 0 Å². The van der Waals surface area contributed by atoms with Crippen molar-refractivity contribution in [3.05, 3.63) is 0 Å². The van der Waals surface area contributed by atoms with Crippen LogP contribution in [-0.2, 0) is 14.4 Å². The van der Waals surface area contributed by atoms with Gasteiger partial charge in [-0.15, -0.1) is 0 Å². The van der Waals surface area contributed by atoms with Crippen LogP contribution in [0.15, 0.2) is 0 Å². The van der Waals surface area contributed by atoms with Crippen LogP contribution in [0, 0.1) is 5.92 Å². The summed E-state index contributed by atoms with van der Waals surface area (Å²) in [6, 6.07) is 0. The van der Waals surface area contributed by atoms with Crippen LogP contribution in [0.3, 0.4) is 0 Å². The summed E-state index contributed by atoms with van der Waals surface area (Å²) in [5.74, 6) is -7.04. The average Bonchev–Trinajstić information content (AvgIpc) is 1.81. The third-order valence-electron chi connectivity index (χ3n) is 0.961. The van der Waals surface area contributed by atoms with E-state index in [-0.39, 0.29) is 51.4 Å². The molecule has 0 fully saturated rings. The van der Waals surface area contributed by atoms with Crippen LogP contribution in [-0.4, -0.2) is 28.1 Å². The largest absolute Gasteiger partial charge is 1.00 e. The minimum Gasteiger partial charge on any atom is -0.549 e. The number of carboxylic acid groups (broad SMARTS) is 3. The number of rotatable bonds is 4. The Morgan fingerprint density at radius 3 is 1.75 bits per heavy atom. The first-order valence-corrected chi connectivity index (χ1v) is 2.60. The number of carboxylic acids is 3. The van der Waals surface area contributed by atoms with Gasteiger partial charge in [0.15, 0.2) is 0 Å². The molecule has 1 unspecified atom stereocenters. The van der Waals surface area contributed by atoms with Crippen LogP contribution in [0.1, 0.15) is 6.42 Å². The molecule has 0 aliphatic heterocycles. The standard InChI is InChI=1S/C5H6O6.K/c6-3(7)1-2(4(8)9)5(10)11;/h2H,1H2,(H,6,7)(H,8,9)(H,10,11);/q;+1/p-1. The number of aliphatic carboxylic acids is 3. The van der Waals surface area contributed by atoms with Gasteiger partial charge < -0.3 is 20.1 Å². The van der Waals surface area contributed by atoms with Crippen LogP contribution in [0.5, 0.6) is 0 Å². The van der Waals surface area contributed by atoms with Crippen molar-refractivity contribution in [3.8, 4) is 0 Å². The molecule has 0 spiro atoms. The molecule has 0 bridgehead atoms. The second kappa shape index (κ2) is 6.55. The summed E-state index contributed by atoms with van der Waals surface area (Å²) in [4.78, 5) is 29.8. The average molecular weight is 200 g/mol. The van der Waals surface area contributed by atoms with E-state index in [1.807, 2.05) is 0 Å². The van der Waals surface area contributed by atoms with Gasteiger partial charge in [-0.05, 0) is 0 Å². The number of hydrogen-bond donors (Lipinski definition) is 2. The molecule has 2 N–H and O–H groups in total. The number of hydrogen-bond acceptors (Lipinski definition) is 4. The minimum absolute atomic E-state index is 0. The molecule has 7 heteroatoms. The molecule has 0 aromatic carbocycles. The predicted molar refractivity (Wildman–Crippen MR) is 28.4 cm³/mol. The Morgan fingerprint density at radius 2 is 1.67 bits per heavy atom. The van der Waals surface area contributed by atoms with Crippen LogP contribution in [0.4, 0.5) is 0 Å². The SMILES string of the molecule is O=C(O)CC(C(=O)[O-])C(=O)O.[K+]. The second-order valence-corrected chi connectivity index (χ2v) is 1.81. The summed E-state index contributed by atoms with van der Waals surface area (Å²) < 4.78 is 0. The molecule has 0 amide bonds. The molecular formula is C5H5KO6. The van der Waals surface area contributed by atoms with Crippen LogP contribution < -0.4 is 56.5 Å². The van der Waals surface area contributed by atoms with Crippen LogP contribution in [0.25, 0.3) is 0 Å². The van der Waals surface area contributed by atoms with E-state index in [0.29, 0.717) is 0 Å². The van der Waals surface area contributed by atoms with Crippen molar-refractivity contribution in [1.82, 2.24) is 0 Å². The molecule has 6 nitrogen and oxygen atoms in total. The zero-order chi connectivity index (χ0) is 9.02. The van der Waals surface area contributed by atoms with Crippen molar-refractivity contribution in [2.24, 2.45) is 5.92 Å². The Hall–Kier alpha value is 0.0464. The van der Waals surface area contributed by atoms with E-state index in [0.717, 1.165) is 0 Å². The molecule has 0 rings (SSSR count). The van der Waals surface area contributed by atoms with E-state index in [4.69, 9.17) is 10.2 Å². The summed E-state index contributed by atoms with van der Waals surface area (Å²) in [7, 11) is 0. The Kier molecular flexibility index (Phi) is 7.95. The Bertz CT molecular complexity index is 186. The van der Waals surface area contributed by atoms with Gasteiger partial charge >= 0.3 is 63.3 Å². The van der Waals surface area contributed by atoms with Gasteiger partial charge in [-0.2, -0.15) is 0 Å². The molecule has 0 heterocycles. The van der Waals surface area contributed by atoms with E-state index in [1.54, 1.807) is 0 Å². The fourth-order valence-electron chi connectivity index (χ4n) is 0.446. The smallest absolute Gasteiger partial charge is 0.549 e. The quantitative estimate of drug-likeness (QED) is 0.346. The van der Waals surface area contributed by atoms with Gasteiger partial charge in [-0.3, -0.25) is 9.59 Å². The van der Waals surface area contributed by atoms with Crippen molar-refractivity contribution >= 4 is 17.9 Å². The van der Waals surface area contributed by atoms with Crippen LogP contribution in [0.2, 0.25) is 0 Å². The Balaban J connectivity index is 0. The van der Waals surface area contributed by atoms with E-state index >= 15 is 0 Å². The third-order valence-corrected chi connectivity index (χ3v) is 0.961. The zero-order valence-electron chi connectivity index (χ0n) is 6.31. The zero-order valence-corrected chi connectivity index (χ0v) is 9.43. The molecule has 0 aromatic rings. The minimum atomic E-state index is -1.97. The summed E-state index contributed by atoms with van der Waals surface area (Å²) in [5.41, 5.74) is 0. The van der Waals surface area contributed by atoms with Crippen molar-refractivity contribution in [2.45, 2.75) is 6.42 Å². The maximum Gasteiger partial charge on any atom is 1.00 e. The van der Waals surface area contributed by atoms with E-state index in [9.17, 15) is 19.5 Å². The molecule has 0 saturated carbocycles. The number of carbonyl (C=O) groups excluding carboxylic acids is 1. The van der Waals surface area contributed by atoms with Crippen molar-refractivity contribution in [3.63, 3.8) is 0 Å². The fourth-order valence-corrected chi connectivity index (χ4v) is 0.446. The third kappa shape index (κ3) is 5.67. The van der Waals surface area contributed by atoms with Crippen molar-refractivity contribution in [2.75, 3.05) is 0 Å². The van der Waals surface area contributed by atoms with Crippen molar-refractivity contribution in [1.29, 1.82) is 0 Å². The Labute approximate surface area is 110 Å². The molecule has 1 atom stereocenters. The molecule has 0 aliphatic rings. The maximum atomic E-state index is 9.99. The van der Waals surface area contributed by atoms with Crippen molar-refractivity contribution < 1.29 is 81.1 Å². The number of carbonyl (C=O) groups is 3. The molecule has 0 radical (unpaired) electrons. The normalized spacial score (nSPS) is 11.0. The molecule has 0 aromatic heterocycles. The summed E-state index contributed by atoms with van der Waals surface area (Å²) in [5, 5.41) is 26.1. The van der Waals surface area contributed by atoms with E-state index in [2.05, 4.69) is 0 Å². The summed E-state index contributed by atoms with van der Waals surface area (Å²) >= 11 is 0. The van der Waals surface area contributed by atoms with Gasteiger partial charge in [0.25, 0.3) is 0 Å². The maximum absolute atomic E-state index is 9.99. The monoisotopic (exact) mass is 200 g/mol. The molecule has 62 valence electrons. The van der Waals surface area contributed by atoms with Gasteiger partial charge in [0.1, 0.15) is 5.92 Å². The van der Waals surface area contributed by atoms with Gasteiger partial charge in [-0.1, -0.05) is 0 Å². The van der Waals surface area contributed by atoms with Gasteiger partial charge in [-0.25, -0.2) is 0 Å². The second-order valence-electron chi connectivity index (χ2n) is 1.81. The Morgan fingerprint density at radius 1 is 1.25 bits per heavy atom. The predicted octanol–water partition coefficient (Wildman–Crippen LogP) is -5.08. The topological polar surface area (TPSA) is 115 Å². The summed E-state index contributed by atoms with van der Waals surface area (Å²) in [6.07, 6.45) is -0.961. The first kappa shape index (κ1) is 14.6. The molecule has 12 heavy (non-hydrogen) atoms. The molecular weight excluding hydrogens is 195 g/mol. The molecule has 0 aliphatic carbocycles. The van der Waals surface area contributed by atoms with Gasteiger partial charge in [0.05, 0.1) is 12.4 Å². The van der Waals surface area contributed by atoms with Gasteiger partial charge in [0, 0.05) is 0 Å². The fraction of sp³-hybridized carbons (Fsp3) is 0.400. The van der Waals surface area contributed by atoms with Gasteiger partial charge in [0.2, 0.25) is 0 Å². The van der Waals surface area contributed by atoms with E-state index < -0.39 is 30.2 Å². The van der Waals surface area contributed by atoms with Crippen LogP contribution >= 0.6 is 0 Å². The summed E-state index contributed by atoms with van der Waals surface area (Å²) in [6.45, 7) is 0. The first-order chi connectivity index (χ1) is 4.95. The first-order valence-electron chi connectivity index (χ1n) is 2.60.